The fraction of sp³-hybridized carbons (Fsp3) is 0.786. The number of amides is 4. The minimum Gasteiger partial charge on any atom is -0.373 e. The van der Waals surface area contributed by atoms with Crippen molar-refractivity contribution in [3.63, 3.8) is 0 Å². The molecule has 0 saturated carbocycles. The van der Waals surface area contributed by atoms with Crippen molar-refractivity contribution in [3.8, 4) is 0 Å². The Labute approximate surface area is 123 Å². The molecule has 7 nitrogen and oxygen atoms in total. The van der Waals surface area contributed by atoms with E-state index in [-0.39, 0.29) is 25.3 Å². The van der Waals surface area contributed by atoms with Crippen LogP contribution < -0.4 is 0 Å². The van der Waals surface area contributed by atoms with Crippen molar-refractivity contribution in [3.05, 3.63) is 0 Å². The molecule has 0 bridgehead atoms. The number of barbiturate groups is 1. The molecule has 21 heavy (non-hydrogen) atoms. The van der Waals surface area contributed by atoms with Crippen LogP contribution in [-0.2, 0) is 19.1 Å². The molecule has 0 aliphatic carbocycles. The van der Waals surface area contributed by atoms with Gasteiger partial charge in [-0.15, -0.1) is 0 Å². The second-order valence-corrected chi connectivity index (χ2v) is 5.78. The van der Waals surface area contributed by atoms with E-state index in [2.05, 4.69) is 0 Å². The lowest BCUT2D eigenvalue weighted by molar-refractivity contribution is -0.160. The molecule has 2 unspecified atom stereocenters. The van der Waals surface area contributed by atoms with Crippen molar-refractivity contribution in [1.82, 2.24) is 9.80 Å². The molecule has 0 N–H and O–H groups in total. The highest BCUT2D eigenvalue weighted by molar-refractivity contribution is 6.19. The zero-order chi connectivity index (χ0) is 15.2. The van der Waals surface area contributed by atoms with E-state index < -0.39 is 23.3 Å². The van der Waals surface area contributed by atoms with Crippen molar-refractivity contribution in [2.24, 2.45) is 5.41 Å². The summed E-state index contributed by atoms with van der Waals surface area (Å²) in [5.41, 5.74) is -1.21. The number of carbonyl (C=O) groups is 3. The number of nitrogens with zero attached hydrogens (tertiary/aromatic N) is 2. The third kappa shape index (κ3) is 2.34. The monoisotopic (exact) mass is 296 g/mol. The summed E-state index contributed by atoms with van der Waals surface area (Å²) in [7, 11) is 0. The highest BCUT2D eigenvalue weighted by atomic mass is 16.6. The molecular weight excluding hydrogens is 276 g/mol. The fourth-order valence-corrected chi connectivity index (χ4v) is 3.07. The first kappa shape index (κ1) is 14.5. The van der Waals surface area contributed by atoms with E-state index in [1.54, 1.807) is 13.8 Å². The molecule has 3 fully saturated rings. The summed E-state index contributed by atoms with van der Waals surface area (Å²) < 4.78 is 10.5. The van der Waals surface area contributed by atoms with Gasteiger partial charge in [-0.3, -0.25) is 19.4 Å². The topological polar surface area (TPSA) is 82.8 Å². The predicted octanol–water partition coefficient (Wildman–Crippen LogP) is 0.381. The van der Waals surface area contributed by atoms with Crippen LogP contribution >= 0.6 is 0 Å². The molecule has 0 aromatic carbocycles. The lowest BCUT2D eigenvalue weighted by Gasteiger charge is -2.43. The van der Waals surface area contributed by atoms with E-state index in [4.69, 9.17) is 9.47 Å². The van der Waals surface area contributed by atoms with Crippen LogP contribution in [-0.4, -0.2) is 66.2 Å². The maximum absolute atomic E-state index is 12.8. The Morgan fingerprint density at radius 3 is 1.62 bits per heavy atom. The average molecular weight is 296 g/mol. The highest BCUT2D eigenvalue weighted by Crippen LogP contribution is 2.43. The molecule has 116 valence electrons. The van der Waals surface area contributed by atoms with Crippen LogP contribution in [0.4, 0.5) is 4.79 Å². The molecule has 0 spiro atoms. The molecule has 3 rings (SSSR count). The Morgan fingerprint density at radius 2 is 1.33 bits per heavy atom. The lowest BCUT2D eigenvalue weighted by Crippen LogP contribution is -2.65. The quantitative estimate of drug-likeness (QED) is 0.523. The first-order valence-corrected chi connectivity index (χ1v) is 7.44. The van der Waals surface area contributed by atoms with Gasteiger partial charge >= 0.3 is 6.03 Å². The van der Waals surface area contributed by atoms with E-state index in [9.17, 15) is 14.4 Å². The lowest BCUT2D eigenvalue weighted by atomic mass is 9.75. The van der Waals surface area contributed by atoms with Crippen LogP contribution in [0.15, 0.2) is 0 Å². The van der Waals surface area contributed by atoms with Gasteiger partial charge in [-0.2, -0.15) is 0 Å². The standard InChI is InChI=1S/C14H20N2O5/c1-3-15-11(17)14(5-9-7-20-9,6-10-8-21-10)12(18)16(4-2)13(15)19/h9-10H,3-8H2,1-2H3. The minimum atomic E-state index is -1.21. The third-order valence-electron chi connectivity index (χ3n) is 4.36. The summed E-state index contributed by atoms with van der Waals surface area (Å²) in [4.78, 5) is 40.3. The van der Waals surface area contributed by atoms with Crippen molar-refractivity contribution >= 4 is 17.8 Å². The Bertz CT molecular complexity index is 442. The molecule has 2 atom stereocenters. The number of urea groups is 1. The minimum absolute atomic E-state index is 0.0673. The van der Waals surface area contributed by atoms with Gasteiger partial charge in [-0.05, 0) is 26.7 Å². The second-order valence-electron chi connectivity index (χ2n) is 5.78. The smallest absolute Gasteiger partial charge is 0.333 e. The average Bonchev–Trinajstić information content (AvgIpc) is 3.34. The zero-order valence-electron chi connectivity index (χ0n) is 12.3. The van der Waals surface area contributed by atoms with E-state index in [1.807, 2.05) is 0 Å². The van der Waals surface area contributed by atoms with E-state index in [1.165, 1.54) is 9.80 Å². The second kappa shape index (κ2) is 5.06. The first-order valence-electron chi connectivity index (χ1n) is 7.44. The number of ether oxygens (including phenoxy) is 2. The molecular formula is C14H20N2O5. The summed E-state index contributed by atoms with van der Waals surface area (Å²) in [6, 6.07) is -0.515. The van der Waals surface area contributed by atoms with E-state index >= 15 is 0 Å². The Morgan fingerprint density at radius 1 is 0.952 bits per heavy atom. The van der Waals surface area contributed by atoms with Crippen LogP contribution in [0.25, 0.3) is 0 Å². The molecule has 0 aromatic heterocycles. The largest absolute Gasteiger partial charge is 0.373 e. The van der Waals surface area contributed by atoms with Crippen molar-refractivity contribution in [2.45, 2.75) is 38.9 Å². The molecule has 3 saturated heterocycles. The van der Waals surface area contributed by atoms with Crippen molar-refractivity contribution in [1.29, 1.82) is 0 Å². The van der Waals surface area contributed by atoms with Gasteiger partial charge in [0, 0.05) is 13.1 Å². The van der Waals surface area contributed by atoms with E-state index in [0.717, 1.165) is 0 Å². The Balaban J connectivity index is 1.97. The third-order valence-corrected chi connectivity index (χ3v) is 4.36. The molecule has 0 radical (unpaired) electrons. The zero-order valence-corrected chi connectivity index (χ0v) is 12.3. The van der Waals surface area contributed by atoms with Crippen LogP contribution in [0.3, 0.4) is 0 Å². The van der Waals surface area contributed by atoms with Crippen LogP contribution in [0, 0.1) is 5.41 Å². The Kier molecular flexibility index (Phi) is 3.49. The van der Waals surface area contributed by atoms with Gasteiger partial charge in [0.25, 0.3) is 0 Å². The molecule has 7 heteroatoms. The number of hydrogen-bond donors (Lipinski definition) is 0. The molecule has 3 heterocycles. The SMILES string of the molecule is CCN1C(=O)N(CC)C(=O)C(CC2CO2)(CC2CO2)C1=O. The molecule has 3 aliphatic heterocycles. The summed E-state index contributed by atoms with van der Waals surface area (Å²) in [6.07, 6.45) is 0.542. The number of carbonyl (C=O) groups excluding carboxylic acids is 3. The summed E-state index contributed by atoms with van der Waals surface area (Å²) in [6.45, 7) is 5.15. The van der Waals surface area contributed by atoms with Gasteiger partial charge in [0.2, 0.25) is 11.8 Å². The number of epoxide rings is 2. The predicted molar refractivity (Wildman–Crippen MR) is 71.3 cm³/mol. The number of rotatable bonds is 6. The van der Waals surface area contributed by atoms with Gasteiger partial charge in [0.15, 0.2) is 0 Å². The van der Waals surface area contributed by atoms with Gasteiger partial charge in [-0.1, -0.05) is 0 Å². The fourth-order valence-electron chi connectivity index (χ4n) is 3.07. The Hall–Kier alpha value is -1.47. The normalized spacial score (nSPS) is 30.9. The van der Waals surface area contributed by atoms with Crippen LogP contribution in [0.1, 0.15) is 26.7 Å². The molecule has 4 amide bonds. The molecule has 0 aromatic rings. The first-order chi connectivity index (χ1) is 10.0. The van der Waals surface area contributed by atoms with E-state index in [0.29, 0.717) is 26.1 Å². The maximum atomic E-state index is 12.8. The van der Waals surface area contributed by atoms with Crippen LogP contribution in [0.2, 0.25) is 0 Å². The number of hydrogen-bond acceptors (Lipinski definition) is 5. The van der Waals surface area contributed by atoms with Gasteiger partial charge < -0.3 is 9.47 Å². The van der Waals surface area contributed by atoms with Gasteiger partial charge in [-0.25, -0.2) is 4.79 Å². The van der Waals surface area contributed by atoms with Gasteiger partial charge in [0.05, 0.1) is 25.4 Å². The maximum Gasteiger partial charge on any atom is 0.333 e. The van der Waals surface area contributed by atoms with Crippen molar-refractivity contribution in [2.75, 3.05) is 26.3 Å². The highest BCUT2D eigenvalue weighted by Gasteiger charge is 2.60. The van der Waals surface area contributed by atoms with Crippen molar-refractivity contribution < 1.29 is 23.9 Å². The summed E-state index contributed by atoms with van der Waals surface area (Å²) in [5.74, 6) is -0.786. The molecule has 3 aliphatic rings. The number of imide groups is 2. The summed E-state index contributed by atoms with van der Waals surface area (Å²) >= 11 is 0. The summed E-state index contributed by atoms with van der Waals surface area (Å²) in [5, 5.41) is 0. The van der Waals surface area contributed by atoms with Gasteiger partial charge in [0.1, 0.15) is 5.41 Å². The van der Waals surface area contributed by atoms with Crippen LogP contribution in [0.5, 0.6) is 0 Å².